The van der Waals surface area contributed by atoms with Crippen molar-refractivity contribution >= 4 is 17.3 Å². The number of para-hydroxylation sites is 1. The topological polar surface area (TPSA) is 73.6 Å². The minimum absolute atomic E-state index is 0.261. The molecule has 3 aromatic rings. The van der Waals surface area contributed by atoms with Crippen molar-refractivity contribution in [3.8, 4) is 6.07 Å². The maximum atomic E-state index is 12.9. The molecule has 3 rings (SSSR count). The Hall–Kier alpha value is -3.46. The highest BCUT2D eigenvalue weighted by molar-refractivity contribution is 5.65. The minimum Gasteiger partial charge on any atom is -0.366 e. The van der Waals surface area contributed by atoms with Gasteiger partial charge in [0.1, 0.15) is 29.8 Å². The maximum absolute atomic E-state index is 12.9. The summed E-state index contributed by atoms with van der Waals surface area (Å²) in [7, 11) is 0. The monoisotopic (exact) mass is 319 g/mol. The molecule has 0 fully saturated rings. The first-order valence-electron chi connectivity index (χ1n) is 7.31. The summed E-state index contributed by atoms with van der Waals surface area (Å²) in [6.45, 7) is 0.519. The van der Waals surface area contributed by atoms with Gasteiger partial charge in [0.05, 0.1) is 11.3 Å². The van der Waals surface area contributed by atoms with Crippen LogP contribution in [-0.4, -0.2) is 9.97 Å². The molecule has 0 unspecified atom stereocenters. The lowest BCUT2D eigenvalue weighted by molar-refractivity contribution is 0.627. The molecule has 0 atom stereocenters. The summed E-state index contributed by atoms with van der Waals surface area (Å²) < 4.78 is 12.9. The number of hydrogen-bond acceptors (Lipinski definition) is 5. The molecule has 1 heterocycles. The van der Waals surface area contributed by atoms with Crippen LogP contribution in [0.2, 0.25) is 0 Å². The molecule has 0 aliphatic heterocycles. The van der Waals surface area contributed by atoms with Gasteiger partial charge in [0.2, 0.25) is 0 Å². The molecule has 2 aromatic carbocycles. The number of hydrogen-bond donors (Lipinski definition) is 2. The maximum Gasteiger partial charge on any atom is 0.135 e. The number of nitrogens with zero attached hydrogens (tertiary/aromatic N) is 3. The highest BCUT2D eigenvalue weighted by atomic mass is 19.1. The van der Waals surface area contributed by atoms with Crippen LogP contribution in [0, 0.1) is 17.1 Å². The van der Waals surface area contributed by atoms with Gasteiger partial charge in [0.25, 0.3) is 0 Å². The van der Waals surface area contributed by atoms with Gasteiger partial charge in [-0.3, -0.25) is 0 Å². The average molecular weight is 319 g/mol. The summed E-state index contributed by atoms with van der Waals surface area (Å²) in [4.78, 5) is 8.31. The molecule has 6 heteroatoms. The molecule has 1 aromatic heterocycles. The Morgan fingerprint density at radius 1 is 1.00 bits per heavy atom. The second-order valence-electron chi connectivity index (χ2n) is 5.05. The summed E-state index contributed by atoms with van der Waals surface area (Å²) in [6.07, 6.45) is 1.43. The number of nitrogens with one attached hydrogen (secondary N) is 2. The molecule has 24 heavy (non-hydrogen) atoms. The van der Waals surface area contributed by atoms with E-state index in [-0.39, 0.29) is 5.82 Å². The predicted octanol–water partition coefficient (Wildman–Crippen LogP) is 3.84. The van der Waals surface area contributed by atoms with Crippen LogP contribution in [-0.2, 0) is 6.54 Å². The third-order valence-electron chi connectivity index (χ3n) is 3.36. The molecule has 0 bridgehead atoms. The van der Waals surface area contributed by atoms with E-state index in [2.05, 4.69) is 26.7 Å². The standard InChI is InChI=1S/C18H14FN5/c19-15-7-5-13(6-8-15)11-21-17-9-18(23-12-22-17)24-16-4-2-1-3-14(16)10-20/h1-9,12H,11H2,(H2,21,22,23,24). The first-order chi connectivity index (χ1) is 11.7. The van der Waals surface area contributed by atoms with Gasteiger partial charge in [-0.05, 0) is 29.8 Å². The highest BCUT2D eigenvalue weighted by Gasteiger charge is 2.04. The number of nitriles is 1. The second-order valence-corrected chi connectivity index (χ2v) is 5.05. The fourth-order valence-electron chi connectivity index (χ4n) is 2.14. The lowest BCUT2D eigenvalue weighted by Gasteiger charge is -2.09. The third kappa shape index (κ3) is 3.84. The van der Waals surface area contributed by atoms with Crippen molar-refractivity contribution in [3.05, 3.63) is 77.9 Å². The van der Waals surface area contributed by atoms with Crippen LogP contribution in [0.3, 0.4) is 0 Å². The van der Waals surface area contributed by atoms with Gasteiger partial charge in [0.15, 0.2) is 0 Å². The average Bonchev–Trinajstić information content (AvgIpc) is 2.62. The lowest BCUT2D eigenvalue weighted by atomic mass is 10.2. The van der Waals surface area contributed by atoms with Crippen molar-refractivity contribution in [1.29, 1.82) is 5.26 Å². The number of benzene rings is 2. The first-order valence-corrected chi connectivity index (χ1v) is 7.31. The van der Waals surface area contributed by atoms with E-state index >= 15 is 0 Å². The summed E-state index contributed by atoms with van der Waals surface area (Å²) in [5.41, 5.74) is 2.17. The van der Waals surface area contributed by atoms with Crippen molar-refractivity contribution in [2.75, 3.05) is 10.6 Å². The van der Waals surface area contributed by atoms with Crippen LogP contribution in [0.25, 0.3) is 0 Å². The molecule has 2 N–H and O–H groups in total. The number of rotatable bonds is 5. The van der Waals surface area contributed by atoms with Crippen LogP contribution in [0.15, 0.2) is 60.9 Å². The molecule has 5 nitrogen and oxygen atoms in total. The molecule has 0 amide bonds. The van der Waals surface area contributed by atoms with Crippen LogP contribution >= 0.6 is 0 Å². The Bertz CT molecular complexity index is 871. The van der Waals surface area contributed by atoms with E-state index in [0.29, 0.717) is 29.4 Å². The quantitative estimate of drug-likeness (QED) is 0.747. The zero-order chi connectivity index (χ0) is 16.8. The van der Waals surface area contributed by atoms with Gasteiger partial charge in [-0.15, -0.1) is 0 Å². The first kappa shape index (κ1) is 15.4. The van der Waals surface area contributed by atoms with Gasteiger partial charge < -0.3 is 10.6 Å². The summed E-state index contributed by atoms with van der Waals surface area (Å²) in [5.74, 6) is 0.948. The van der Waals surface area contributed by atoms with Gasteiger partial charge in [-0.1, -0.05) is 24.3 Å². The molecule has 118 valence electrons. The van der Waals surface area contributed by atoms with E-state index in [1.165, 1.54) is 18.5 Å². The Kier molecular flexibility index (Phi) is 4.63. The van der Waals surface area contributed by atoms with Gasteiger partial charge in [0, 0.05) is 12.6 Å². The Labute approximate surface area is 138 Å². The molecular formula is C18H14FN5. The lowest BCUT2D eigenvalue weighted by Crippen LogP contribution is -2.03. The molecule has 0 aliphatic carbocycles. The molecule has 0 spiro atoms. The number of halogens is 1. The van der Waals surface area contributed by atoms with Crippen molar-refractivity contribution in [2.24, 2.45) is 0 Å². The normalized spacial score (nSPS) is 10.0. The second kappa shape index (κ2) is 7.20. The van der Waals surface area contributed by atoms with Crippen LogP contribution in [0.4, 0.5) is 21.7 Å². The van der Waals surface area contributed by atoms with E-state index < -0.39 is 0 Å². The van der Waals surface area contributed by atoms with Crippen molar-refractivity contribution < 1.29 is 4.39 Å². The van der Waals surface area contributed by atoms with E-state index in [1.807, 2.05) is 12.1 Å². The minimum atomic E-state index is -0.261. The third-order valence-corrected chi connectivity index (χ3v) is 3.36. The molecule has 0 saturated heterocycles. The van der Waals surface area contributed by atoms with E-state index in [1.54, 1.807) is 30.3 Å². The Morgan fingerprint density at radius 3 is 2.54 bits per heavy atom. The van der Waals surface area contributed by atoms with Crippen molar-refractivity contribution in [1.82, 2.24) is 9.97 Å². The van der Waals surface area contributed by atoms with Crippen LogP contribution < -0.4 is 10.6 Å². The van der Waals surface area contributed by atoms with E-state index in [0.717, 1.165) is 5.56 Å². The van der Waals surface area contributed by atoms with Crippen LogP contribution in [0.1, 0.15) is 11.1 Å². The van der Waals surface area contributed by atoms with Crippen molar-refractivity contribution in [3.63, 3.8) is 0 Å². The number of aromatic nitrogens is 2. The van der Waals surface area contributed by atoms with E-state index in [9.17, 15) is 4.39 Å². The number of anilines is 3. The molecule has 0 saturated carbocycles. The largest absolute Gasteiger partial charge is 0.366 e. The smallest absolute Gasteiger partial charge is 0.135 e. The summed E-state index contributed by atoms with van der Waals surface area (Å²) >= 11 is 0. The summed E-state index contributed by atoms with van der Waals surface area (Å²) in [6, 6.07) is 17.3. The van der Waals surface area contributed by atoms with Crippen molar-refractivity contribution in [2.45, 2.75) is 6.54 Å². The molecular weight excluding hydrogens is 305 g/mol. The molecule has 0 radical (unpaired) electrons. The highest BCUT2D eigenvalue weighted by Crippen LogP contribution is 2.20. The summed E-state index contributed by atoms with van der Waals surface area (Å²) in [5, 5.41) is 15.4. The van der Waals surface area contributed by atoms with Gasteiger partial charge in [-0.25, -0.2) is 14.4 Å². The Balaban J connectivity index is 1.70. The fraction of sp³-hybridized carbons (Fsp3) is 0.0556. The SMILES string of the molecule is N#Cc1ccccc1Nc1cc(NCc2ccc(F)cc2)ncn1. The zero-order valence-corrected chi connectivity index (χ0v) is 12.7. The van der Waals surface area contributed by atoms with Gasteiger partial charge >= 0.3 is 0 Å². The van der Waals surface area contributed by atoms with E-state index in [4.69, 9.17) is 5.26 Å². The zero-order valence-electron chi connectivity index (χ0n) is 12.7. The predicted molar refractivity (Wildman–Crippen MR) is 90.2 cm³/mol. The van der Waals surface area contributed by atoms with Crippen LogP contribution in [0.5, 0.6) is 0 Å². The van der Waals surface area contributed by atoms with Gasteiger partial charge in [-0.2, -0.15) is 5.26 Å². The fourth-order valence-corrected chi connectivity index (χ4v) is 2.14. The Morgan fingerprint density at radius 2 is 1.75 bits per heavy atom. The molecule has 0 aliphatic rings.